The zero-order chi connectivity index (χ0) is 11.4. The van der Waals surface area contributed by atoms with Crippen LogP contribution >= 0.6 is 11.3 Å². The van der Waals surface area contributed by atoms with Gasteiger partial charge in [-0.3, -0.25) is 0 Å². The third kappa shape index (κ3) is 2.71. The van der Waals surface area contributed by atoms with Crippen molar-refractivity contribution >= 4 is 11.3 Å². The monoisotopic (exact) mass is 231 g/mol. The number of nitrogens with one attached hydrogen (secondary N) is 1. The van der Waals surface area contributed by atoms with Gasteiger partial charge >= 0.3 is 0 Å². The molecule has 0 unspecified atom stereocenters. The molecule has 0 fully saturated rings. The van der Waals surface area contributed by atoms with Gasteiger partial charge in [-0.15, -0.1) is 11.3 Å². The standard InChI is InChI=1S/C14H17NS/c1-11-6-3-4-8-14(11)12(2)15-10-13-7-5-9-16-13/h3-9,12,15H,10H2,1-2H3/t12-/m1/s1. The van der Waals surface area contributed by atoms with Gasteiger partial charge in [0.1, 0.15) is 0 Å². The van der Waals surface area contributed by atoms with Crippen molar-refractivity contribution < 1.29 is 0 Å². The van der Waals surface area contributed by atoms with Gasteiger partial charge in [-0.25, -0.2) is 0 Å². The molecule has 2 rings (SSSR count). The van der Waals surface area contributed by atoms with Crippen molar-refractivity contribution in [2.75, 3.05) is 0 Å². The molecular weight excluding hydrogens is 214 g/mol. The largest absolute Gasteiger partial charge is 0.305 e. The SMILES string of the molecule is Cc1ccccc1[C@@H](C)NCc1cccs1. The summed E-state index contributed by atoms with van der Waals surface area (Å²) in [5.41, 5.74) is 2.74. The Bertz CT molecular complexity index is 434. The summed E-state index contributed by atoms with van der Waals surface area (Å²) in [6.45, 7) is 5.34. The summed E-state index contributed by atoms with van der Waals surface area (Å²) >= 11 is 1.80. The fourth-order valence-electron chi connectivity index (χ4n) is 1.85. The second-order valence-electron chi connectivity index (χ2n) is 4.04. The number of rotatable bonds is 4. The van der Waals surface area contributed by atoms with Crippen molar-refractivity contribution in [2.24, 2.45) is 0 Å². The Morgan fingerprint density at radius 2 is 2.00 bits per heavy atom. The van der Waals surface area contributed by atoms with Crippen LogP contribution in [0.1, 0.15) is 29.0 Å². The molecule has 0 saturated carbocycles. The van der Waals surface area contributed by atoms with Crippen LogP contribution in [0, 0.1) is 6.92 Å². The Balaban J connectivity index is 1.98. The van der Waals surface area contributed by atoms with Gasteiger partial charge in [0.2, 0.25) is 0 Å². The smallest absolute Gasteiger partial charge is 0.0305 e. The van der Waals surface area contributed by atoms with Crippen LogP contribution in [-0.4, -0.2) is 0 Å². The summed E-state index contributed by atoms with van der Waals surface area (Å²) in [5.74, 6) is 0. The lowest BCUT2D eigenvalue weighted by Crippen LogP contribution is -2.18. The first-order chi connectivity index (χ1) is 7.77. The van der Waals surface area contributed by atoms with Gasteiger partial charge in [0, 0.05) is 17.5 Å². The average molecular weight is 231 g/mol. The maximum absolute atomic E-state index is 3.55. The molecule has 0 aliphatic rings. The lowest BCUT2D eigenvalue weighted by molar-refractivity contribution is 0.576. The molecule has 1 atom stereocenters. The number of hydrogen-bond acceptors (Lipinski definition) is 2. The first-order valence-corrected chi connectivity index (χ1v) is 6.46. The molecule has 1 heterocycles. The molecule has 2 heteroatoms. The van der Waals surface area contributed by atoms with Crippen LogP contribution < -0.4 is 5.32 Å². The Kier molecular flexibility index (Phi) is 3.75. The Morgan fingerprint density at radius 1 is 1.19 bits per heavy atom. The fraction of sp³-hybridized carbons (Fsp3) is 0.286. The number of aryl methyl sites for hydroxylation is 1. The normalized spacial score (nSPS) is 12.6. The van der Waals surface area contributed by atoms with Gasteiger partial charge in [-0.2, -0.15) is 0 Å². The van der Waals surface area contributed by atoms with Crippen molar-refractivity contribution in [1.29, 1.82) is 0 Å². The number of thiophene rings is 1. The summed E-state index contributed by atoms with van der Waals surface area (Å²) < 4.78 is 0. The van der Waals surface area contributed by atoms with Crippen LogP contribution in [0.4, 0.5) is 0 Å². The topological polar surface area (TPSA) is 12.0 Å². The van der Waals surface area contributed by atoms with Gasteiger partial charge in [-0.1, -0.05) is 30.3 Å². The van der Waals surface area contributed by atoms with Crippen LogP contribution in [0.15, 0.2) is 41.8 Å². The molecule has 0 spiro atoms. The summed E-state index contributed by atoms with van der Waals surface area (Å²) in [7, 11) is 0. The quantitative estimate of drug-likeness (QED) is 0.841. The van der Waals surface area contributed by atoms with E-state index in [1.165, 1.54) is 16.0 Å². The van der Waals surface area contributed by atoms with Gasteiger partial charge in [-0.05, 0) is 36.4 Å². The minimum absolute atomic E-state index is 0.406. The Hall–Kier alpha value is -1.12. The molecule has 0 aliphatic carbocycles. The Labute approximate surface area is 101 Å². The number of benzene rings is 1. The highest BCUT2D eigenvalue weighted by Gasteiger charge is 2.06. The van der Waals surface area contributed by atoms with Crippen molar-refractivity contribution in [1.82, 2.24) is 5.32 Å². The van der Waals surface area contributed by atoms with Crippen LogP contribution in [0.5, 0.6) is 0 Å². The second kappa shape index (κ2) is 5.28. The Morgan fingerprint density at radius 3 is 2.69 bits per heavy atom. The zero-order valence-electron chi connectivity index (χ0n) is 9.73. The van der Waals surface area contributed by atoms with E-state index in [0.717, 1.165) is 6.54 Å². The highest BCUT2D eigenvalue weighted by atomic mass is 32.1. The van der Waals surface area contributed by atoms with Crippen molar-refractivity contribution in [2.45, 2.75) is 26.4 Å². The maximum Gasteiger partial charge on any atom is 0.0305 e. The predicted molar refractivity (Wildman–Crippen MR) is 70.8 cm³/mol. The third-order valence-corrected chi connectivity index (χ3v) is 3.69. The summed E-state index contributed by atoms with van der Waals surface area (Å²) in [6.07, 6.45) is 0. The van der Waals surface area contributed by atoms with Gasteiger partial charge in [0.25, 0.3) is 0 Å². The van der Waals surface area contributed by atoms with E-state index in [4.69, 9.17) is 0 Å². The van der Waals surface area contributed by atoms with Crippen LogP contribution in [0.2, 0.25) is 0 Å². The van der Waals surface area contributed by atoms with E-state index in [1.807, 2.05) is 0 Å². The van der Waals surface area contributed by atoms with Crippen LogP contribution in [-0.2, 0) is 6.54 Å². The summed E-state index contributed by atoms with van der Waals surface area (Å²) in [4.78, 5) is 1.39. The molecule has 16 heavy (non-hydrogen) atoms. The van der Waals surface area contributed by atoms with Crippen molar-refractivity contribution in [3.8, 4) is 0 Å². The van der Waals surface area contributed by atoms with Gasteiger partial charge < -0.3 is 5.32 Å². The van der Waals surface area contributed by atoms with E-state index >= 15 is 0 Å². The lowest BCUT2D eigenvalue weighted by Gasteiger charge is -2.15. The van der Waals surface area contributed by atoms with Crippen molar-refractivity contribution in [3.63, 3.8) is 0 Å². The molecule has 1 N–H and O–H groups in total. The zero-order valence-corrected chi connectivity index (χ0v) is 10.6. The molecular formula is C14H17NS. The van der Waals surface area contributed by atoms with Crippen LogP contribution in [0.25, 0.3) is 0 Å². The molecule has 84 valence electrons. The average Bonchev–Trinajstić information content (AvgIpc) is 2.79. The molecule has 2 aromatic rings. The molecule has 1 nitrogen and oxygen atoms in total. The molecule has 0 saturated heterocycles. The third-order valence-electron chi connectivity index (χ3n) is 2.82. The van der Waals surface area contributed by atoms with E-state index in [1.54, 1.807) is 11.3 Å². The molecule has 1 aromatic heterocycles. The molecule has 0 aliphatic heterocycles. The van der Waals surface area contributed by atoms with Crippen LogP contribution in [0.3, 0.4) is 0 Å². The lowest BCUT2D eigenvalue weighted by atomic mass is 10.0. The minimum atomic E-state index is 0.406. The molecule has 0 radical (unpaired) electrons. The molecule has 0 amide bonds. The maximum atomic E-state index is 3.55. The second-order valence-corrected chi connectivity index (χ2v) is 5.07. The fourth-order valence-corrected chi connectivity index (χ4v) is 2.51. The van der Waals surface area contributed by atoms with Gasteiger partial charge in [0.15, 0.2) is 0 Å². The van der Waals surface area contributed by atoms with E-state index in [2.05, 4.69) is 60.9 Å². The predicted octanol–water partition coefficient (Wildman–Crippen LogP) is 3.91. The summed E-state index contributed by atoms with van der Waals surface area (Å²) in [5, 5.41) is 5.67. The summed E-state index contributed by atoms with van der Waals surface area (Å²) in [6, 6.07) is 13.2. The van der Waals surface area contributed by atoms with Crippen molar-refractivity contribution in [3.05, 3.63) is 57.8 Å². The van der Waals surface area contributed by atoms with Gasteiger partial charge in [0.05, 0.1) is 0 Å². The highest BCUT2D eigenvalue weighted by molar-refractivity contribution is 7.09. The van der Waals surface area contributed by atoms with E-state index in [0.29, 0.717) is 6.04 Å². The first-order valence-electron chi connectivity index (χ1n) is 5.58. The van der Waals surface area contributed by atoms with E-state index in [-0.39, 0.29) is 0 Å². The van der Waals surface area contributed by atoms with E-state index in [9.17, 15) is 0 Å². The molecule has 1 aromatic carbocycles. The first kappa shape index (κ1) is 11.4. The number of hydrogen-bond donors (Lipinski definition) is 1. The van der Waals surface area contributed by atoms with E-state index < -0.39 is 0 Å². The highest BCUT2D eigenvalue weighted by Crippen LogP contribution is 2.18. The minimum Gasteiger partial charge on any atom is -0.305 e. The molecule has 0 bridgehead atoms.